The van der Waals surface area contributed by atoms with Gasteiger partial charge in [-0.2, -0.15) is 13.2 Å². The summed E-state index contributed by atoms with van der Waals surface area (Å²) in [5.41, 5.74) is 7.65. The minimum Gasteiger partial charge on any atom is -0.488 e. The standard InChI is InChI=1S/C25H29F4N3O4/c1-16(31-6-10-35-22-14-19(26)3-4-21(22)36-15-25(27,28)29)11-17-12-18-5-8-32(7-2-9-33)23(18)20(13-17)24(30)34/h3-5,8,12-14,16,31,33H,2,6-7,9-11,15H2,1H3,(H2,30,34). The van der Waals surface area contributed by atoms with Crippen LogP contribution in [0.1, 0.15) is 29.3 Å². The van der Waals surface area contributed by atoms with Gasteiger partial charge in [-0.05, 0) is 55.7 Å². The molecule has 4 N–H and O–H groups in total. The third-order valence-corrected chi connectivity index (χ3v) is 5.43. The van der Waals surface area contributed by atoms with Gasteiger partial charge in [0.15, 0.2) is 18.1 Å². The molecule has 1 amide bonds. The molecule has 0 aliphatic rings. The number of amides is 1. The first kappa shape index (κ1) is 27.3. The molecular weight excluding hydrogens is 482 g/mol. The largest absolute Gasteiger partial charge is 0.488 e. The van der Waals surface area contributed by atoms with Crippen molar-refractivity contribution in [2.45, 2.75) is 38.5 Å². The molecule has 7 nitrogen and oxygen atoms in total. The number of ether oxygens (including phenoxy) is 2. The maximum Gasteiger partial charge on any atom is 0.422 e. The van der Waals surface area contributed by atoms with Crippen LogP contribution in [0, 0.1) is 5.82 Å². The van der Waals surface area contributed by atoms with E-state index < -0.39 is 24.5 Å². The van der Waals surface area contributed by atoms with E-state index >= 15 is 0 Å². The Labute approximate surface area is 205 Å². The number of carbonyl (C=O) groups excluding carboxylic acids is 1. The summed E-state index contributed by atoms with van der Waals surface area (Å²) >= 11 is 0. The fourth-order valence-corrected chi connectivity index (χ4v) is 3.91. The molecule has 0 spiro atoms. The number of aliphatic hydroxyl groups excluding tert-OH is 1. The van der Waals surface area contributed by atoms with Crippen LogP contribution in [0.5, 0.6) is 11.5 Å². The maximum absolute atomic E-state index is 13.5. The Morgan fingerprint density at radius 2 is 1.94 bits per heavy atom. The van der Waals surface area contributed by atoms with Gasteiger partial charge in [0.05, 0.1) is 11.1 Å². The van der Waals surface area contributed by atoms with Gasteiger partial charge in [0, 0.05) is 43.4 Å². The molecule has 2 aromatic carbocycles. The highest BCUT2D eigenvalue weighted by molar-refractivity contribution is 6.05. The summed E-state index contributed by atoms with van der Waals surface area (Å²) in [7, 11) is 0. The maximum atomic E-state index is 13.5. The zero-order valence-electron chi connectivity index (χ0n) is 19.8. The lowest BCUT2D eigenvalue weighted by Gasteiger charge is -2.17. The van der Waals surface area contributed by atoms with Crippen LogP contribution >= 0.6 is 0 Å². The molecule has 1 aromatic heterocycles. The molecule has 36 heavy (non-hydrogen) atoms. The molecule has 1 unspecified atom stereocenters. The van der Waals surface area contributed by atoms with Gasteiger partial charge in [-0.1, -0.05) is 0 Å². The van der Waals surface area contributed by atoms with Crippen molar-refractivity contribution >= 4 is 16.8 Å². The van der Waals surface area contributed by atoms with E-state index in [9.17, 15) is 22.4 Å². The van der Waals surface area contributed by atoms with Crippen molar-refractivity contribution in [2.24, 2.45) is 5.73 Å². The molecule has 0 aliphatic carbocycles. The summed E-state index contributed by atoms with van der Waals surface area (Å²) in [6.45, 7) is 1.42. The van der Waals surface area contributed by atoms with Crippen molar-refractivity contribution in [3.8, 4) is 11.5 Å². The summed E-state index contributed by atoms with van der Waals surface area (Å²) in [5.74, 6) is -1.51. The summed E-state index contributed by atoms with van der Waals surface area (Å²) in [6.07, 6.45) is -1.55. The fraction of sp³-hybridized carbons (Fsp3) is 0.400. The van der Waals surface area contributed by atoms with Gasteiger partial charge in [-0.25, -0.2) is 4.39 Å². The topological polar surface area (TPSA) is 98.7 Å². The summed E-state index contributed by atoms with van der Waals surface area (Å²) in [5, 5.41) is 13.2. The van der Waals surface area contributed by atoms with Gasteiger partial charge < -0.3 is 30.2 Å². The molecule has 0 saturated heterocycles. The third kappa shape index (κ3) is 7.59. The highest BCUT2D eigenvalue weighted by atomic mass is 19.4. The number of nitrogens with one attached hydrogen (secondary N) is 1. The quantitative estimate of drug-likeness (QED) is 0.240. The van der Waals surface area contributed by atoms with Crippen LogP contribution in [-0.2, 0) is 13.0 Å². The third-order valence-electron chi connectivity index (χ3n) is 5.43. The van der Waals surface area contributed by atoms with Gasteiger partial charge in [0.2, 0.25) is 0 Å². The Bertz CT molecular complexity index is 1180. The number of fused-ring (bicyclic) bond motifs is 1. The number of hydrogen-bond donors (Lipinski definition) is 3. The van der Waals surface area contributed by atoms with Crippen molar-refractivity contribution in [3.63, 3.8) is 0 Å². The highest BCUT2D eigenvalue weighted by Crippen LogP contribution is 2.30. The Morgan fingerprint density at radius 1 is 1.17 bits per heavy atom. The van der Waals surface area contributed by atoms with Crippen LogP contribution in [0.4, 0.5) is 17.6 Å². The number of nitrogens with two attached hydrogens (primary N) is 1. The molecule has 1 heterocycles. The number of aryl methyl sites for hydroxylation is 1. The summed E-state index contributed by atoms with van der Waals surface area (Å²) < 4.78 is 62.9. The van der Waals surface area contributed by atoms with Crippen molar-refractivity contribution in [1.82, 2.24) is 9.88 Å². The van der Waals surface area contributed by atoms with Crippen LogP contribution in [0.2, 0.25) is 0 Å². The Kier molecular flexibility index (Phi) is 9.16. The molecule has 0 radical (unpaired) electrons. The molecule has 3 aromatic rings. The molecule has 3 rings (SSSR count). The lowest BCUT2D eigenvalue weighted by atomic mass is 10.0. The molecule has 11 heteroatoms. The van der Waals surface area contributed by atoms with Crippen molar-refractivity contribution < 1.29 is 36.9 Å². The van der Waals surface area contributed by atoms with Crippen LogP contribution in [0.3, 0.4) is 0 Å². The number of primary amides is 1. The first-order chi connectivity index (χ1) is 17.1. The molecule has 1 atom stereocenters. The zero-order valence-corrected chi connectivity index (χ0v) is 19.8. The van der Waals surface area contributed by atoms with E-state index in [0.29, 0.717) is 31.5 Å². The summed E-state index contributed by atoms with van der Waals surface area (Å²) in [6, 6.07) is 8.65. The Hall–Kier alpha value is -3.31. The van der Waals surface area contributed by atoms with Gasteiger partial charge in [0.25, 0.3) is 5.91 Å². The second-order valence-electron chi connectivity index (χ2n) is 8.43. The number of aliphatic hydroxyl groups is 1. The van der Waals surface area contributed by atoms with Crippen LogP contribution in [0.15, 0.2) is 42.6 Å². The van der Waals surface area contributed by atoms with E-state index in [1.165, 1.54) is 0 Å². The number of halogens is 4. The Morgan fingerprint density at radius 3 is 2.64 bits per heavy atom. The minimum absolute atomic E-state index is 0.0394. The normalized spacial score (nSPS) is 12.6. The van der Waals surface area contributed by atoms with Crippen LogP contribution < -0.4 is 20.5 Å². The molecule has 0 saturated carbocycles. The SMILES string of the molecule is CC(Cc1cc(C(N)=O)c2c(ccn2CCCO)c1)NCCOc1cc(F)ccc1OCC(F)(F)F. The van der Waals surface area contributed by atoms with E-state index in [-0.39, 0.29) is 30.8 Å². The number of nitrogens with zero attached hydrogens (tertiary/aromatic N) is 1. The monoisotopic (exact) mass is 511 g/mol. The van der Waals surface area contributed by atoms with Crippen molar-refractivity contribution in [2.75, 3.05) is 26.4 Å². The predicted octanol–water partition coefficient (Wildman–Crippen LogP) is 3.80. The van der Waals surface area contributed by atoms with Gasteiger partial charge in [-0.15, -0.1) is 0 Å². The lowest BCUT2D eigenvalue weighted by molar-refractivity contribution is -0.153. The van der Waals surface area contributed by atoms with Crippen LogP contribution in [-0.4, -0.2) is 54.2 Å². The van der Waals surface area contributed by atoms with Gasteiger partial charge in [-0.3, -0.25) is 4.79 Å². The number of hydrogen-bond acceptors (Lipinski definition) is 5. The summed E-state index contributed by atoms with van der Waals surface area (Å²) in [4.78, 5) is 12.1. The number of alkyl halides is 3. The molecular formula is C25H29F4N3O4. The fourth-order valence-electron chi connectivity index (χ4n) is 3.91. The van der Waals surface area contributed by atoms with Gasteiger partial charge >= 0.3 is 6.18 Å². The van der Waals surface area contributed by atoms with E-state index in [1.807, 2.05) is 29.8 Å². The van der Waals surface area contributed by atoms with Gasteiger partial charge in [0.1, 0.15) is 12.4 Å². The number of aromatic nitrogens is 1. The average Bonchev–Trinajstić information content (AvgIpc) is 3.21. The first-order valence-electron chi connectivity index (χ1n) is 11.4. The number of carbonyl (C=O) groups is 1. The smallest absolute Gasteiger partial charge is 0.422 e. The molecule has 0 fully saturated rings. The van der Waals surface area contributed by atoms with E-state index in [1.54, 1.807) is 6.07 Å². The number of benzene rings is 2. The Balaban J connectivity index is 1.58. The van der Waals surface area contributed by atoms with Crippen LogP contribution in [0.25, 0.3) is 10.9 Å². The van der Waals surface area contributed by atoms with E-state index in [4.69, 9.17) is 20.3 Å². The second-order valence-corrected chi connectivity index (χ2v) is 8.43. The lowest BCUT2D eigenvalue weighted by Crippen LogP contribution is -2.32. The molecule has 0 aliphatic heterocycles. The highest BCUT2D eigenvalue weighted by Gasteiger charge is 2.29. The van der Waals surface area contributed by atoms with Crippen molar-refractivity contribution in [1.29, 1.82) is 0 Å². The predicted molar refractivity (Wildman–Crippen MR) is 127 cm³/mol. The first-order valence-corrected chi connectivity index (χ1v) is 11.4. The zero-order chi connectivity index (χ0) is 26.3. The molecule has 196 valence electrons. The minimum atomic E-state index is -4.53. The number of rotatable bonds is 13. The van der Waals surface area contributed by atoms with E-state index in [2.05, 4.69) is 5.32 Å². The van der Waals surface area contributed by atoms with E-state index in [0.717, 1.165) is 34.7 Å². The molecule has 0 bridgehead atoms. The second kappa shape index (κ2) is 12.1. The van der Waals surface area contributed by atoms with Crippen molar-refractivity contribution in [3.05, 3.63) is 59.5 Å². The average molecular weight is 512 g/mol.